The maximum absolute atomic E-state index is 13.1. The van der Waals surface area contributed by atoms with Gasteiger partial charge in [-0.05, 0) is 54.6 Å². The van der Waals surface area contributed by atoms with Crippen LogP contribution in [0.3, 0.4) is 0 Å². The lowest BCUT2D eigenvalue weighted by atomic mass is 10.1. The number of nitrogens with one attached hydrogen (secondary N) is 1. The normalized spacial score (nSPS) is 11.0. The second kappa shape index (κ2) is 8.30. The van der Waals surface area contributed by atoms with Gasteiger partial charge < -0.3 is 14.6 Å². The first-order valence-electron chi connectivity index (χ1n) is 9.43. The quantitative estimate of drug-likeness (QED) is 0.701. The van der Waals surface area contributed by atoms with Crippen molar-refractivity contribution < 1.29 is 9.53 Å². The zero-order chi connectivity index (χ0) is 20.3. The van der Waals surface area contributed by atoms with Gasteiger partial charge in [-0.25, -0.2) is 0 Å². The minimum Gasteiger partial charge on any atom is -0.497 e. The van der Waals surface area contributed by atoms with Gasteiger partial charge in [0.15, 0.2) is 0 Å². The maximum atomic E-state index is 13.1. The summed E-state index contributed by atoms with van der Waals surface area (Å²) in [7, 11) is 1.58. The summed E-state index contributed by atoms with van der Waals surface area (Å²) in [5.41, 5.74) is 2.89. The van der Waals surface area contributed by atoms with E-state index in [4.69, 9.17) is 4.74 Å². The van der Waals surface area contributed by atoms with Gasteiger partial charge in [0.2, 0.25) is 0 Å². The van der Waals surface area contributed by atoms with Crippen LogP contribution in [0.2, 0.25) is 0 Å². The molecule has 28 heavy (non-hydrogen) atoms. The molecule has 5 heteroatoms. The number of carbonyl (C=O) groups is 1. The summed E-state index contributed by atoms with van der Waals surface area (Å²) >= 11 is 0. The minimum atomic E-state index is -0.163. The number of nitrogens with zero attached hydrogens (tertiary/aromatic N) is 1. The Morgan fingerprint density at radius 3 is 2.64 bits per heavy atom. The molecule has 1 aromatic heterocycles. The number of H-pyrrole nitrogens is 1. The number of aromatic nitrogens is 1. The molecule has 0 radical (unpaired) electrons. The average molecular weight is 378 g/mol. The smallest absolute Gasteiger partial charge is 0.254 e. The number of rotatable bonds is 6. The van der Waals surface area contributed by atoms with E-state index in [0.717, 1.165) is 16.5 Å². The van der Waals surface area contributed by atoms with Gasteiger partial charge in [0.1, 0.15) is 5.75 Å². The molecule has 1 N–H and O–H groups in total. The third kappa shape index (κ3) is 4.42. The molecular weight excluding hydrogens is 352 g/mol. The second-order valence-electron chi connectivity index (χ2n) is 7.53. The van der Waals surface area contributed by atoms with Crippen molar-refractivity contribution in [2.75, 3.05) is 13.7 Å². The van der Waals surface area contributed by atoms with E-state index in [1.807, 2.05) is 31.2 Å². The lowest BCUT2D eigenvalue weighted by Crippen LogP contribution is -2.35. The number of aryl methyl sites for hydroxylation is 1. The van der Waals surface area contributed by atoms with Crippen molar-refractivity contribution in [1.29, 1.82) is 0 Å². The Labute approximate surface area is 165 Å². The van der Waals surface area contributed by atoms with Gasteiger partial charge in [-0.15, -0.1) is 0 Å². The first-order chi connectivity index (χ1) is 13.4. The van der Waals surface area contributed by atoms with Crippen LogP contribution < -0.4 is 10.3 Å². The van der Waals surface area contributed by atoms with Gasteiger partial charge in [-0.3, -0.25) is 9.59 Å². The van der Waals surface area contributed by atoms with Crippen LogP contribution in [0.25, 0.3) is 10.9 Å². The third-order valence-corrected chi connectivity index (χ3v) is 4.63. The molecule has 5 nitrogen and oxygen atoms in total. The topological polar surface area (TPSA) is 62.4 Å². The lowest BCUT2D eigenvalue weighted by molar-refractivity contribution is 0.0721. The summed E-state index contributed by atoms with van der Waals surface area (Å²) in [4.78, 5) is 30.4. The van der Waals surface area contributed by atoms with Gasteiger partial charge in [0, 0.05) is 23.2 Å². The summed E-state index contributed by atoms with van der Waals surface area (Å²) in [6, 6.07) is 14.9. The number of aromatic amines is 1. The summed E-state index contributed by atoms with van der Waals surface area (Å²) in [6.45, 7) is 6.94. The second-order valence-corrected chi connectivity index (χ2v) is 7.53. The fourth-order valence-electron chi connectivity index (χ4n) is 3.29. The molecule has 3 rings (SSSR count). The maximum Gasteiger partial charge on any atom is 0.254 e. The Morgan fingerprint density at radius 1 is 1.14 bits per heavy atom. The molecular formula is C23H26N2O3. The summed E-state index contributed by atoms with van der Waals surface area (Å²) in [5, 5.41) is 0.966. The fourth-order valence-corrected chi connectivity index (χ4v) is 3.29. The molecule has 1 heterocycles. The van der Waals surface area contributed by atoms with Gasteiger partial charge in [0.05, 0.1) is 13.7 Å². The average Bonchev–Trinajstić information content (AvgIpc) is 2.67. The van der Waals surface area contributed by atoms with Crippen LogP contribution >= 0.6 is 0 Å². The van der Waals surface area contributed by atoms with Crippen molar-refractivity contribution in [2.45, 2.75) is 27.3 Å². The van der Waals surface area contributed by atoms with Crippen molar-refractivity contribution in [3.05, 3.63) is 75.6 Å². The van der Waals surface area contributed by atoms with Crippen LogP contribution in [0.15, 0.2) is 53.3 Å². The highest BCUT2D eigenvalue weighted by molar-refractivity contribution is 5.94. The van der Waals surface area contributed by atoms with Crippen LogP contribution in [-0.4, -0.2) is 29.4 Å². The SMILES string of the molecule is COc1cccc(C(=O)N(Cc2cc3cc(C)ccc3[nH]c2=O)CC(C)C)c1. The van der Waals surface area contributed by atoms with Gasteiger partial charge in [-0.2, -0.15) is 0 Å². The molecule has 0 bridgehead atoms. The highest BCUT2D eigenvalue weighted by Crippen LogP contribution is 2.18. The number of hydrogen-bond donors (Lipinski definition) is 1. The zero-order valence-electron chi connectivity index (χ0n) is 16.8. The van der Waals surface area contributed by atoms with Crippen molar-refractivity contribution in [3.8, 4) is 5.75 Å². The summed E-state index contributed by atoms with van der Waals surface area (Å²) in [6.07, 6.45) is 0. The van der Waals surface area contributed by atoms with Crippen LogP contribution in [0.4, 0.5) is 0 Å². The largest absolute Gasteiger partial charge is 0.497 e. The standard InChI is InChI=1S/C23H26N2O3/c1-15(2)13-25(23(27)17-6-5-7-20(12-17)28-4)14-19-11-18-10-16(3)8-9-21(18)24-22(19)26/h5-12,15H,13-14H2,1-4H3,(H,24,26). The molecule has 146 valence electrons. The number of hydrogen-bond acceptors (Lipinski definition) is 3. The van der Waals surface area contributed by atoms with Gasteiger partial charge in [-0.1, -0.05) is 31.5 Å². The summed E-state index contributed by atoms with van der Waals surface area (Å²) in [5.74, 6) is 0.794. The lowest BCUT2D eigenvalue weighted by Gasteiger charge is -2.25. The van der Waals surface area contributed by atoms with Crippen LogP contribution in [0.5, 0.6) is 5.75 Å². The Kier molecular flexibility index (Phi) is 5.83. The van der Waals surface area contributed by atoms with E-state index in [2.05, 4.69) is 18.8 Å². The highest BCUT2D eigenvalue weighted by atomic mass is 16.5. The van der Waals surface area contributed by atoms with Crippen molar-refractivity contribution >= 4 is 16.8 Å². The third-order valence-electron chi connectivity index (χ3n) is 4.63. The van der Waals surface area contributed by atoms with Crippen molar-refractivity contribution in [1.82, 2.24) is 9.88 Å². The van der Waals surface area contributed by atoms with Crippen LogP contribution in [0.1, 0.15) is 35.3 Å². The van der Waals surface area contributed by atoms with Crippen LogP contribution in [0, 0.1) is 12.8 Å². The number of fused-ring (bicyclic) bond motifs is 1. The number of amides is 1. The molecule has 0 aliphatic carbocycles. The van der Waals surface area contributed by atoms with E-state index in [1.54, 1.807) is 36.3 Å². The Morgan fingerprint density at radius 2 is 1.93 bits per heavy atom. The molecule has 3 aromatic rings. The predicted octanol–water partition coefficient (Wildman–Crippen LogP) is 4.14. The predicted molar refractivity (Wildman–Crippen MR) is 112 cm³/mol. The fraction of sp³-hybridized carbons (Fsp3) is 0.304. The Balaban J connectivity index is 1.96. The molecule has 0 fully saturated rings. The van der Waals surface area contributed by atoms with E-state index in [1.165, 1.54) is 0 Å². The molecule has 0 saturated heterocycles. The van der Waals surface area contributed by atoms with Gasteiger partial charge in [0.25, 0.3) is 11.5 Å². The van der Waals surface area contributed by atoms with E-state index < -0.39 is 0 Å². The van der Waals surface area contributed by atoms with Crippen molar-refractivity contribution in [2.24, 2.45) is 5.92 Å². The van der Waals surface area contributed by atoms with Crippen LogP contribution in [-0.2, 0) is 6.54 Å². The zero-order valence-corrected chi connectivity index (χ0v) is 16.8. The van der Waals surface area contributed by atoms with E-state index in [9.17, 15) is 9.59 Å². The highest BCUT2D eigenvalue weighted by Gasteiger charge is 2.19. The van der Waals surface area contributed by atoms with E-state index in [0.29, 0.717) is 23.4 Å². The first-order valence-corrected chi connectivity index (χ1v) is 9.43. The number of methoxy groups -OCH3 is 1. The molecule has 2 aromatic carbocycles. The molecule has 0 aliphatic heterocycles. The summed E-state index contributed by atoms with van der Waals surface area (Å²) < 4.78 is 5.24. The number of pyridine rings is 1. The minimum absolute atomic E-state index is 0.115. The van der Waals surface area contributed by atoms with Gasteiger partial charge >= 0.3 is 0 Å². The first kappa shape index (κ1) is 19.7. The molecule has 0 atom stereocenters. The number of carbonyl (C=O) groups excluding carboxylic acids is 1. The molecule has 0 unspecified atom stereocenters. The Bertz CT molecular complexity index is 1050. The Hall–Kier alpha value is -3.08. The number of ether oxygens (including phenoxy) is 1. The van der Waals surface area contributed by atoms with Crippen molar-refractivity contribution in [3.63, 3.8) is 0 Å². The molecule has 0 spiro atoms. The molecule has 0 saturated carbocycles. The molecule has 0 aliphatic rings. The monoisotopic (exact) mass is 378 g/mol. The number of benzene rings is 2. The van der Waals surface area contributed by atoms with E-state index >= 15 is 0 Å². The van der Waals surface area contributed by atoms with E-state index in [-0.39, 0.29) is 23.9 Å². The molecule has 1 amide bonds.